The number of anilines is 1. The molecule has 1 amide bonds. The number of rotatable bonds is 7. The normalized spacial score (nSPS) is 10.6. The minimum atomic E-state index is -0.508. The van der Waals surface area contributed by atoms with Crippen LogP contribution in [0.2, 0.25) is 0 Å². The van der Waals surface area contributed by atoms with Crippen LogP contribution in [0.4, 0.5) is 11.4 Å². The number of amides is 1. The molecule has 0 radical (unpaired) electrons. The minimum absolute atomic E-state index is 0.0267. The number of para-hydroxylation sites is 1. The molecule has 2 aromatic carbocycles. The Morgan fingerprint density at radius 3 is 2.64 bits per heavy atom. The molecular weight excluding hydrogens is 380 g/mol. The topological polar surface area (TPSA) is 107 Å². The first-order chi connectivity index (χ1) is 13.5. The first-order valence-electron chi connectivity index (χ1n) is 8.27. The first-order valence-corrected chi connectivity index (χ1v) is 9.25. The van der Waals surface area contributed by atoms with E-state index >= 15 is 0 Å². The number of thioether (sulfide) groups is 1. The maximum atomic E-state index is 12.7. The molecule has 1 heterocycles. The molecule has 0 aliphatic heterocycles. The van der Waals surface area contributed by atoms with Gasteiger partial charge in [-0.05, 0) is 24.3 Å². The summed E-state index contributed by atoms with van der Waals surface area (Å²) < 4.78 is 1.47. The molecular formula is C19H16N4O4S. The number of fused-ring (bicyclic) bond motifs is 1. The number of benzene rings is 2. The molecule has 0 saturated heterocycles. The van der Waals surface area contributed by atoms with E-state index in [0.717, 1.165) is 11.8 Å². The summed E-state index contributed by atoms with van der Waals surface area (Å²) in [5.74, 6) is -0.287. The molecule has 3 aromatic rings. The Morgan fingerprint density at radius 1 is 1.25 bits per heavy atom. The summed E-state index contributed by atoms with van der Waals surface area (Å²) in [4.78, 5) is 39.5. The van der Waals surface area contributed by atoms with Crippen LogP contribution in [0.15, 0.2) is 71.1 Å². The number of hydrogen-bond donors (Lipinski definition) is 1. The van der Waals surface area contributed by atoms with Gasteiger partial charge in [-0.3, -0.25) is 24.3 Å². The molecule has 0 aliphatic rings. The molecule has 0 bridgehead atoms. The third-order valence-electron chi connectivity index (χ3n) is 3.83. The lowest BCUT2D eigenvalue weighted by Crippen LogP contribution is -2.23. The number of nitrogens with zero attached hydrogens (tertiary/aromatic N) is 3. The maximum absolute atomic E-state index is 12.7. The van der Waals surface area contributed by atoms with Gasteiger partial charge in [0, 0.05) is 24.4 Å². The van der Waals surface area contributed by atoms with Crippen molar-refractivity contribution in [2.75, 3.05) is 11.1 Å². The van der Waals surface area contributed by atoms with Crippen LogP contribution in [0.5, 0.6) is 0 Å². The van der Waals surface area contributed by atoms with Gasteiger partial charge in [0.05, 0.1) is 21.6 Å². The van der Waals surface area contributed by atoms with Gasteiger partial charge in [-0.25, -0.2) is 4.98 Å². The molecule has 0 aliphatic carbocycles. The molecule has 3 rings (SSSR count). The van der Waals surface area contributed by atoms with Gasteiger partial charge in [-0.15, -0.1) is 6.58 Å². The zero-order valence-corrected chi connectivity index (χ0v) is 15.5. The van der Waals surface area contributed by atoms with Crippen molar-refractivity contribution in [3.05, 3.63) is 81.7 Å². The van der Waals surface area contributed by atoms with Crippen LogP contribution in [-0.2, 0) is 11.3 Å². The monoisotopic (exact) mass is 396 g/mol. The van der Waals surface area contributed by atoms with E-state index in [9.17, 15) is 19.7 Å². The Hall–Kier alpha value is -3.46. The number of nitrogens with one attached hydrogen (secondary N) is 1. The highest BCUT2D eigenvalue weighted by Gasteiger charge is 2.13. The van der Waals surface area contributed by atoms with Gasteiger partial charge >= 0.3 is 0 Å². The second-order valence-corrected chi connectivity index (χ2v) is 6.70. The van der Waals surface area contributed by atoms with E-state index < -0.39 is 4.92 Å². The number of carbonyl (C=O) groups excluding carboxylic acids is 1. The van der Waals surface area contributed by atoms with Crippen molar-refractivity contribution in [3.63, 3.8) is 0 Å². The fourth-order valence-corrected chi connectivity index (χ4v) is 3.35. The lowest BCUT2D eigenvalue weighted by molar-refractivity contribution is -0.384. The number of aromatic nitrogens is 2. The van der Waals surface area contributed by atoms with Gasteiger partial charge in [0.2, 0.25) is 5.91 Å². The quantitative estimate of drug-likeness (QED) is 0.216. The van der Waals surface area contributed by atoms with Crippen molar-refractivity contribution in [1.82, 2.24) is 9.55 Å². The summed E-state index contributed by atoms with van der Waals surface area (Å²) in [5, 5.41) is 14.3. The van der Waals surface area contributed by atoms with Crippen molar-refractivity contribution in [3.8, 4) is 0 Å². The average Bonchev–Trinajstić information content (AvgIpc) is 2.69. The predicted molar refractivity (Wildman–Crippen MR) is 109 cm³/mol. The Morgan fingerprint density at radius 2 is 1.96 bits per heavy atom. The van der Waals surface area contributed by atoms with Gasteiger partial charge in [0.15, 0.2) is 5.16 Å². The Kier molecular flexibility index (Phi) is 5.85. The predicted octanol–water partition coefficient (Wildman–Crippen LogP) is 3.22. The standard InChI is InChI=1S/C19H16N4O4S/c1-2-11-22-18(25)15-5-3-4-6-16(15)21-19(22)28-12-17(24)20-13-7-9-14(10-8-13)23(26)27/h2-10H,1,11-12H2,(H,20,24). The van der Waals surface area contributed by atoms with Crippen molar-refractivity contribution < 1.29 is 9.72 Å². The van der Waals surface area contributed by atoms with Gasteiger partial charge in [0.25, 0.3) is 11.2 Å². The lowest BCUT2D eigenvalue weighted by atomic mass is 10.2. The molecule has 0 atom stereocenters. The average molecular weight is 396 g/mol. The fourth-order valence-electron chi connectivity index (χ4n) is 2.54. The molecule has 1 aromatic heterocycles. The van der Waals surface area contributed by atoms with E-state index in [-0.39, 0.29) is 29.5 Å². The summed E-state index contributed by atoms with van der Waals surface area (Å²) >= 11 is 1.14. The molecule has 28 heavy (non-hydrogen) atoms. The van der Waals surface area contributed by atoms with E-state index in [1.165, 1.54) is 28.8 Å². The molecule has 0 saturated carbocycles. The van der Waals surface area contributed by atoms with E-state index in [1.54, 1.807) is 30.3 Å². The lowest BCUT2D eigenvalue weighted by Gasteiger charge is -2.11. The molecule has 142 valence electrons. The highest BCUT2D eigenvalue weighted by atomic mass is 32.2. The van der Waals surface area contributed by atoms with Crippen LogP contribution in [0, 0.1) is 10.1 Å². The smallest absolute Gasteiger partial charge is 0.269 e. The highest BCUT2D eigenvalue weighted by Crippen LogP contribution is 2.19. The van der Waals surface area contributed by atoms with Gasteiger partial charge in [-0.1, -0.05) is 30.0 Å². The number of nitro groups is 1. The summed E-state index contributed by atoms with van der Waals surface area (Å²) in [6.07, 6.45) is 1.60. The number of hydrogen-bond acceptors (Lipinski definition) is 6. The summed E-state index contributed by atoms with van der Waals surface area (Å²) in [6.45, 7) is 3.95. The number of allylic oxidation sites excluding steroid dienone is 1. The van der Waals surface area contributed by atoms with E-state index in [0.29, 0.717) is 21.7 Å². The third kappa shape index (κ3) is 4.26. The van der Waals surface area contributed by atoms with Crippen LogP contribution in [-0.4, -0.2) is 26.1 Å². The van der Waals surface area contributed by atoms with E-state index in [1.807, 2.05) is 0 Å². The number of carbonyl (C=O) groups is 1. The van der Waals surface area contributed by atoms with Gasteiger partial charge < -0.3 is 5.32 Å². The third-order valence-corrected chi connectivity index (χ3v) is 4.81. The Labute approximate surface area is 164 Å². The Balaban J connectivity index is 1.76. The van der Waals surface area contributed by atoms with Crippen LogP contribution >= 0.6 is 11.8 Å². The van der Waals surface area contributed by atoms with Crippen LogP contribution in [0.1, 0.15) is 0 Å². The largest absolute Gasteiger partial charge is 0.325 e. The van der Waals surface area contributed by atoms with Crippen LogP contribution in [0.25, 0.3) is 10.9 Å². The summed E-state index contributed by atoms with van der Waals surface area (Å²) in [5.41, 5.74) is 0.766. The van der Waals surface area contributed by atoms with Gasteiger partial charge in [0.1, 0.15) is 0 Å². The first kappa shape index (κ1) is 19.3. The molecule has 0 fully saturated rings. The van der Waals surface area contributed by atoms with E-state index in [4.69, 9.17) is 0 Å². The summed E-state index contributed by atoms with van der Waals surface area (Å²) in [7, 11) is 0. The molecule has 0 unspecified atom stereocenters. The number of nitro benzene ring substituents is 1. The molecule has 0 spiro atoms. The highest BCUT2D eigenvalue weighted by molar-refractivity contribution is 7.99. The zero-order chi connectivity index (χ0) is 20.1. The van der Waals surface area contributed by atoms with Crippen molar-refractivity contribution in [2.24, 2.45) is 0 Å². The maximum Gasteiger partial charge on any atom is 0.269 e. The molecule has 8 nitrogen and oxygen atoms in total. The fraction of sp³-hybridized carbons (Fsp3) is 0.105. The second-order valence-electron chi connectivity index (χ2n) is 5.76. The summed E-state index contributed by atoms with van der Waals surface area (Å²) in [6, 6.07) is 12.6. The van der Waals surface area contributed by atoms with E-state index in [2.05, 4.69) is 16.9 Å². The van der Waals surface area contributed by atoms with Crippen molar-refractivity contribution in [1.29, 1.82) is 0 Å². The van der Waals surface area contributed by atoms with Crippen LogP contribution < -0.4 is 10.9 Å². The SMILES string of the molecule is C=CCn1c(SCC(=O)Nc2ccc([N+](=O)[O-])cc2)nc2ccccc2c1=O. The van der Waals surface area contributed by atoms with Crippen LogP contribution in [0.3, 0.4) is 0 Å². The minimum Gasteiger partial charge on any atom is -0.325 e. The zero-order valence-electron chi connectivity index (χ0n) is 14.7. The van der Waals surface area contributed by atoms with Crippen molar-refractivity contribution in [2.45, 2.75) is 11.7 Å². The second kappa shape index (κ2) is 8.49. The van der Waals surface area contributed by atoms with Crippen molar-refractivity contribution >= 4 is 39.9 Å². The van der Waals surface area contributed by atoms with Gasteiger partial charge in [-0.2, -0.15) is 0 Å². The molecule has 9 heteroatoms. The number of non-ortho nitro benzene ring substituents is 1. The Bertz CT molecular complexity index is 1110. The molecule has 1 N–H and O–H groups in total.